The van der Waals surface area contributed by atoms with Crippen LogP contribution in [0.1, 0.15) is 26.7 Å². The van der Waals surface area contributed by atoms with E-state index in [0.717, 1.165) is 12.1 Å². The van der Waals surface area contributed by atoms with Gasteiger partial charge in [0.1, 0.15) is 4.90 Å². The first-order valence-electron chi connectivity index (χ1n) is 6.11. The third kappa shape index (κ3) is 3.82. The van der Waals surface area contributed by atoms with Crippen LogP contribution in [0.15, 0.2) is 17.0 Å². The van der Waals surface area contributed by atoms with Crippen LogP contribution < -0.4 is 10.5 Å². The van der Waals surface area contributed by atoms with E-state index in [1.54, 1.807) is 13.8 Å². The second-order valence-electron chi connectivity index (χ2n) is 4.57. The number of sulfonamides is 1. The van der Waals surface area contributed by atoms with Crippen LogP contribution in [0.25, 0.3) is 0 Å². The smallest absolute Gasteiger partial charge is 0.243 e. The van der Waals surface area contributed by atoms with Crippen LogP contribution in [-0.2, 0) is 10.0 Å². The van der Waals surface area contributed by atoms with Gasteiger partial charge in [0.25, 0.3) is 0 Å². The lowest BCUT2D eigenvalue weighted by molar-refractivity contribution is 0.0377. The normalized spacial score (nSPS) is 12.7. The van der Waals surface area contributed by atoms with Gasteiger partial charge in [-0.15, -0.1) is 0 Å². The molecule has 0 aliphatic heterocycles. The highest BCUT2D eigenvalue weighted by molar-refractivity contribution is 7.89. The van der Waals surface area contributed by atoms with Gasteiger partial charge in [-0.05, 0) is 25.0 Å². The lowest BCUT2D eigenvalue weighted by Gasteiger charge is -2.25. The number of anilines is 1. The fourth-order valence-corrected chi connectivity index (χ4v) is 3.12. The number of hydrogen-bond acceptors (Lipinski definition) is 4. The van der Waals surface area contributed by atoms with Gasteiger partial charge in [0.2, 0.25) is 10.0 Å². The molecule has 0 saturated carbocycles. The van der Waals surface area contributed by atoms with E-state index in [9.17, 15) is 17.9 Å². The summed E-state index contributed by atoms with van der Waals surface area (Å²) in [7, 11) is -4.14. The molecule has 0 fully saturated rings. The highest BCUT2D eigenvalue weighted by Gasteiger charge is 2.27. The molecule has 20 heavy (non-hydrogen) atoms. The first-order chi connectivity index (χ1) is 9.15. The minimum absolute atomic E-state index is 0.0398. The van der Waals surface area contributed by atoms with Crippen LogP contribution in [0.2, 0.25) is 5.02 Å². The molecule has 1 aromatic carbocycles. The summed E-state index contributed by atoms with van der Waals surface area (Å²) in [4.78, 5) is -0.628. The average Bonchev–Trinajstić information content (AvgIpc) is 2.40. The molecule has 4 N–H and O–H groups in total. The zero-order chi connectivity index (χ0) is 15.6. The lowest BCUT2D eigenvalue weighted by Crippen LogP contribution is -2.42. The number of benzene rings is 1. The molecule has 8 heteroatoms. The first-order valence-corrected chi connectivity index (χ1v) is 7.98. The molecular weight excluding hydrogens is 307 g/mol. The monoisotopic (exact) mass is 324 g/mol. The van der Waals surface area contributed by atoms with E-state index < -0.39 is 26.3 Å². The summed E-state index contributed by atoms with van der Waals surface area (Å²) in [6, 6.07) is 2.12. The van der Waals surface area contributed by atoms with Gasteiger partial charge in [-0.1, -0.05) is 25.4 Å². The Hall–Kier alpha value is -0.890. The largest absolute Gasteiger partial charge is 0.399 e. The predicted molar refractivity (Wildman–Crippen MR) is 76.5 cm³/mol. The standard InChI is InChI=1S/C12H18ClFN2O3S/c1-3-12(17,4-2)7-16-20(18,19)10-6-8(15)5-9(13)11(10)14/h5-6,16-17H,3-4,7,15H2,1-2H3. The molecule has 0 spiro atoms. The molecule has 5 nitrogen and oxygen atoms in total. The molecule has 0 unspecified atom stereocenters. The van der Waals surface area contributed by atoms with Crippen molar-refractivity contribution in [1.82, 2.24) is 4.72 Å². The number of nitrogens with one attached hydrogen (secondary N) is 1. The van der Waals surface area contributed by atoms with Crippen LogP contribution in [0.4, 0.5) is 10.1 Å². The fraction of sp³-hybridized carbons (Fsp3) is 0.500. The zero-order valence-electron chi connectivity index (χ0n) is 11.3. The van der Waals surface area contributed by atoms with E-state index in [4.69, 9.17) is 17.3 Å². The van der Waals surface area contributed by atoms with Gasteiger partial charge in [-0.25, -0.2) is 17.5 Å². The van der Waals surface area contributed by atoms with Gasteiger partial charge in [0.05, 0.1) is 10.6 Å². The number of rotatable bonds is 6. The van der Waals surface area contributed by atoms with Crippen molar-refractivity contribution < 1.29 is 17.9 Å². The molecular formula is C12H18ClFN2O3S. The molecule has 0 bridgehead atoms. The van der Waals surface area contributed by atoms with Crippen molar-refractivity contribution in [3.8, 4) is 0 Å². The topological polar surface area (TPSA) is 92.4 Å². The number of nitrogens with two attached hydrogens (primary N) is 1. The maximum absolute atomic E-state index is 13.8. The molecule has 0 aromatic heterocycles. The fourth-order valence-electron chi connectivity index (χ4n) is 1.59. The molecule has 0 amide bonds. The van der Waals surface area contributed by atoms with Crippen molar-refractivity contribution >= 4 is 27.3 Å². The molecule has 1 aromatic rings. The van der Waals surface area contributed by atoms with E-state index in [0.29, 0.717) is 12.8 Å². The molecule has 1 rings (SSSR count). The molecule has 0 atom stereocenters. The molecule has 0 aliphatic rings. The Morgan fingerprint density at radius 2 is 1.95 bits per heavy atom. The number of nitrogen functional groups attached to an aromatic ring is 1. The zero-order valence-corrected chi connectivity index (χ0v) is 12.9. The van der Waals surface area contributed by atoms with Gasteiger partial charge in [-0.3, -0.25) is 0 Å². The Labute approximate surface area is 123 Å². The summed E-state index contributed by atoms with van der Waals surface area (Å²) in [6.07, 6.45) is 0.734. The number of hydrogen-bond donors (Lipinski definition) is 3. The molecule has 0 saturated heterocycles. The Bertz CT molecular complexity index is 589. The minimum Gasteiger partial charge on any atom is -0.399 e. The second-order valence-corrected chi connectivity index (χ2v) is 6.71. The quantitative estimate of drug-likeness (QED) is 0.697. The van der Waals surface area contributed by atoms with E-state index in [2.05, 4.69) is 4.72 Å². The van der Waals surface area contributed by atoms with Gasteiger partial charge in [0, 0.05) is 12.2 Å². The summed E-state index contributed by atoms with van der Waals surface area (Å²) in [6.45, 7) is 3.25. The van der Waals surface area contributed by atoms with Gasteiger partial charge in [0.15, 0.2) is 5.82 Å². The van der Waals surface area contributed by atoms with E-state index in [1.165, 1.54) is 0 Å². The maximum atomic E-state index is 13.8. The Balaban J connectivity index is 3.07. The van der Waals surface area contributed by atoms with Crippen molar-refractivity contribution in [2.24, 2.45) is 0 Å². The summed E-state index contributed by atoms with van der Waals surface area (Å²) in [5.74, 6) is -1.06. The third-order valence-electron chi connectivity index (χ3n) is 3.21. The van der Waals surface area contributed by atoms with Crippen molar-refractivity contribution in [1.29, 1.82) is 0 Å². The second kappa shape index (κ2) is 6.26. The molecule has 0 aliphatic carbocycles. The van der Waals surface area contributed by atoms with Crippen molar-refractivity contribution in [2.75, 3.05) is 12.3 Å². The number of aliphatic hydroxyl groups is 1. The SMILES string of the molecule is CCC(O)(CC)CNS(=O)(=O)c1cc(N)cc(Cl)c1F. The highest BCUT2D eigenvalue weighted by Crippen LogP contribution is 2.26. The van der Waals surface area contributed by atoms with Crippen molar-refractivity contribution in [2.45, 2.75) is 37.2 Å². The summed E-state index contributed by atoms with van der Waals surface area (Å²) >= 11 is 5.57. The van der Waals surface area contributed by atoms with Crippen LogP contribution in [0.3, 0.4) is 0 Å². The third-order valence-corrected chi connectivity index (χ3v) is 4.89. The Kier molecular flexibility index (Phi) is 5.37. The van der Waals surface area contributed by atoms with Gasteiger partial charge >= 0.3 is 0 Å². The first kappa shape index (κ1) is 17.2. The van der Waals surface area contributed by atoms with Crippen LogP contribution in [0, 0.1) is 5.82 Å². The van der Waals surface area contributed by atoms with Gasteiger partial charge < -0.3 is 10.8 Å². The minimum atomic E-state index is -4.14. The predicted octanol–water partition coefficient (Wildman–Crippen LogP) is 1.89. The summed E-state index contributed by atoms with van der Waals surface area (Å²) < 4.78 is 40.1. The van der Waals surface area contributed by atoms with E-state index >= 15 is 0 Å². The maximum Gasteiger partial charge on any atom is 0.243 e. The van der Waals surface area contributed by atoms with Crippen LogP contribution in [0.5, 0.6) is 0 Å². The Morgan fingerprint density at radius 1 is 1.40 bits per heavy atom. The van der Waals surface area contributed by atoms with Crippen LogP contribution in [-0.4, -0.2) is 25.7 Å². The average molecular weight is 325 g/mol. The van der Waals surface area contributed by atoms with Crippen LogP contribution >= 0.6 is 11.6 Å². The number of halogens is 2. The van der Waals surface area contributed by atoms with E-state index in [-0.39, 0.29) is 17.3 Å². The van der Waals surface area contributed by atoms with Crippen molar-refractivity contribution in [3.05, 3.63) is 23.0 Å². The molecule has 114 valence electrons. The van der Waals surface area contributed by atoms with Crippen molar-refractivity contribution in [3.63, 3.8) is 0 Å². The van der Waals surface area contributed by atoms with Gasteiger partial charge in [-0.2, -0.15) is 0 Å². The Morgan fingerprint density at radius 3 is 2.45 bits per heavy atom. The molecule has 0 radical (unpaired) electrons. The molecule has 0 heterocycles. The lowest BCUT2D eigenvalue weighted by atomic mass is 9.98. The summed E-state index contributed by atoms with van der Waals surface area (Å²) in [5.41, 5.74) is 4.33. The summed E-state index contributed by atoms with van der Waals surface area (Å²) in [5, 5.41) is 9.68. The van der Waals surface area contributed by atoms with E-state index in [1.807, 2.05) is 0 Å². The highest BCUT2D eigenvalue weighted by atomic mass is 35.5.